The van der Waals surface area contributed by atoms with Crippen molar-refractivity contribution in [2.45, 2.75) is 39.3 Å². The minimum atomic E-state index is 0.0923. The van der Waals surface area contributed by atoms with Gasteiger partial charge < -0.3 is 15.4 Å². The smallest absolute Gasteiger partial charge is 0.221 e. The van der Waals surface area contributed by atoms with Crippen molar-refractivity contribution < 1.29 is 9.53 Å². The largest absolute Gasteiger partial charge is 0.481 e. The van der Waals surface area contributed by atoms with Crippen LogP contribution in [0.4, 0.5) is 0 Å². The first kappa shape index (κ1) is 15.4. The van der Waals surface area contributed by atoms with Gasteiger partial charge in [-0.1, -0.05) is 13.0 Å². The number of rotatable bonds is 8. The van der Waals surface area contributed by atoms with Crippen LogP contribution < -0.4 is 15.4 Å². The number of nitrogens with zero attached hydrogens (tertiary/aromatic N) is 1. The fourth-order valence-electron chi connectivity index (χ4n) is 1.52. The van der Waals surface area contributed by atoms with Crippen molar-refractivity contribution in [2.75, 3.05) is 13.7 Å². The van der Waals surface area contributed by atoms with E-state index in [1.807, 2.05) is 19.1 Å². The number of amides is 1. The van der Waals surface area contributed by atoms with Crippen LogP contribution in [-0.2, 0) is 11.3 Å². The lowest BCUT2D eigenvalue weighted by atomic mass is 10.2. The Morgan fingerprint density at radius 1 is 1.47 bits per heavy atom. The second-order valence-electron chi connectivity index (χ2n) is 4.51. The van der Waals surface area contributed by atoms with E-state index in [0.29, 0.717) is 25.4 Å². The molecule has 0 aliphatic rings. The average Bonchev–Trinajstić information content (AvgIpc) is 2.44. The molecule has 1 atom stereocenters. The van der Waals surface area contributed by atoms with Crippen LogP contribution in [-0.4, -0.2) is 30.6 Å². The Hall–Kier alpha value is -1.62. The monoisotopic (exact) mass is 265 g/mol. The second-order valence-corrected chi connectivity index (χ2v) is 4.51. The molecule has 0 saturated carbocycles. The Morgan fingerprint density at radius 3 is 2.84 bits per heavy atom. The maximum atomic E-state index is 11.5. The zero-order valence-electron chi connectivity index (χ0n) is 11.9. The molecule has 0 saturated heterocycles. The molecule has 0 bridgehead atoms. The third-order valence-electron chi connectivity index (χ3n) is 2.88. The molecule has 0 aliphatic carbocycles. The van der Waals surface area contributed by atoms with Gasteiger partial charge in [-0.3, -0.25) is 4.79 Å². The second kappa shape index (κ2) is 8.48. The van der Waals surface area contributed by atoms with Crippen molar-refractivity contribution in [1.82, 2.24) is 15.6 Å². The number of aromatic nitrogens is 1. The van der Waals surface area contributed by atoms with Crippen LogP contribution in [0.25, 0.3) is 0 Å². The van der Waals surface area contributed by atoms with Crippen molar-refractivity contribution in [1.29, 1.82) is 0 Å². The summed E-state index contributed by atoms with van der Waals surface area (Å²) < 4.78 is 4.99. The van der Waals surface area contributed by atoms with E-state index in [1.54, 1.807) is 13.3 Å². The number of hydrogen-bond donors (Lipinski definition) is 2. The molecule has 2 N–H and O–H groups in total. The number of pyridine rings is 1. The molecule has 106 valence electrons. The van der Waals surface area contributed by atoms with Gasteiger partial charge in [0, 0.05) is 37.8 Å². The Kier molecular flexibility index (Phi) is 6.89. The van der Waals surface area contributed by atoms with Crippen molar-refractivity contribution in [3.8, 4) is 5.88 Å². The fourth-order valence-corrected chi connectivity index (χ4v) is 1.52. The maximum Gasteiger partial charge on any atom is 0.221 e. The Labute approximate surface area is 114 Å². The Balaban J connectivity index is 2.17. The number of hydrogen-bond acceptors (Lipinski definition) is 4. The van der Waals surface area contributed by atoms with Crippen LogP contribution >= 0.6 is 0 Å². The lowest BCUT2D eigenvalue weighted by Crippen LogP contribution is -2.33. The molecular formula is C14H23N3O2. The summed E-state index contributed by atoms with van der Waals surface area (Å²) in [5.74, 6) is 0.700. The molecule has 5 heteroatoms. The minimum absolute atomic E-state index is 0.0923. The normalized spacial score (nSPS) is 11.9. The van der Waals surface area contributed by atoms with Crippen molar-refractivity contribution in [3.05, 3.63) is 23.9 Å². The summed E-state index contributed by atoms with van der Waals surface area (Å²) in [4.78, 5) is 15.6. The van der Waals surface area contributed by atoms with Gasteiger partial charge in [-0.25, -0.2) is 4.98 Å². The first-order valence-corrected chi connectivity index (χ1v) is 6.64. The van der Waals surface area contributed by atoms with Gasteiger partial charge in [0.15, 0.2) is 0 Å². The van der Waals surface area contributed by atoms with Crippen molar-refractivity contribution in [3.63, 3.8) is 0 Å². The van der Waals surface area contributed by atoms with Crippen LogP contribution in [0.5, 0.6) is 5.88 Å². The number of nitrogens with one attached hydrogen (secondary N) is 2. The summed E-state index contributed by atoms with van der Waals surface area (Å²) >= 11 is 0. The molecule has 19 heavy (non-hydrogen) atoms. The van der Waals surface area contributed by atoms with Crippen molar-refractivity contribution >= 4 is 5.91 Å². The molecule has 1 aromatic rings. The standard InChI is InChI=1S/C14H23N3O2/c1-4-11(2)17-13(18)7-8-15-9-12-5-6-14(19-3)16-10-12/h5-6,10-11,15H,4,7-9H2,1-3H3,(H,17,18). The number of ether oxygens (including phenoxy) is 1. The van der Waals surface area contributed by atoms with E-state index >= 15 is 0 Å². The predicted octanol–water partition coefficient (Wildman–Crippen LogP) is 1.48. The van der Waals surface area contributed by atoms with Gasteiger partial charge >= 0.3 is 0 Å². The van der Waals surface area contributed by atoms with Crippen LogP contribution in [0.15, 0.2) is 18.3 Å². The fraction of sp³-hybridized carbons (Fsp3) is 0.571. The lowest BCUT2D eigenvalue weighted by Gasteiger charge is -2.11. The van der Waals surface area contributed by atoms with Gasteiger partial charge in [-0.2, -0.15) is 0 Å². The van der Waals surface area contributed by atoms with Gasteiger partial charge in [0.05, 0.1) is 7.11 Å². The zero-order chi connectivity index (χ0) is 14.1. The molecule has 5 nitrogen and oxygen atoms in total. The maximum absolute atomic E-state index is 11.5. The number of carbonyl (C=O) groups is 1. The van der Waals surface area contributed by atoms with E-state index in [0.717, 1.165) is 12.0 Å². The summed E-state index contributed by atoms with van der Waals surface area (Å²) in [5, 5.41) is 6.16. The van der Waals surface area contributed by atoms with E-state index < -0.39 is 0 Å². The highest BCUT2D eigenvalue weighted by Gasteiger charge is 2.04. The van der Waals surface area contributed by atoms with Crippen LogP contribution in [0.1, 0.15) is 32.3 Å². The molecule has 1 heterocycles. The third-order valence-corrected chi connectivity index (χ3v) is 2.88. The number of carbonyl (C=O) groups excluding carboxylic acids is 1. The van der Waals surface area contributed by atoms with E-state index in [1.165, 1.54) is 0 Å². The summed E-state index contributed by atoms with van der Waals surface area (Å²) in [5.41, 5.74) is 1.07. The summed E-state index contributed by atoms with van der Waals surface area (Å²) in [6.45, 7) is 5.43. The zero-order valence-corrected chi connectivity index (χ0v) is 11.9. The first-order valence-electron chi connectivity index (χ1n) is 6.64. The highest BCUT2D eigenvalue weighted by atomic mass is 16.5. The van der Waals surface area contributed by atoms with Gasteiger partial charge in [0.1, 0.15) is 0 Å². The SMILES string of the molecule is CCC(C)NC(=O)CCNCc1ccc(OC)nc1. The third kappa shape index (κ3) is 6.20. The molecule has 0 radical (unpaired) electrons. The summed E-state index contributed by atoms with van der Waals surface area (Å²) in [7, 11) is 1.59. The summed E-state index contributed by atoms with van der Waals surface area (Å²) in [6, 6.07) is 4.03. The topological polar surface area (TPSA) is 63.2 Å². The molecule has 0 spiro atoms. The molecule has 0 fully saturated rings. The van der Waals surface area contributed by atoms with E-state index in [4.69, 9.17) is 4.74 Å². The predicted molar refractivity (Wildman–Crippen MR) is 75.0 cm³/mol. The van der Waals surface area contributed by atoms with Crippen LogP contribution in [0, 0.1) is 0 Å². The first-order chi connectivity index (χ1) is 9.15. The van der Waals surface area contributed by atoms with E-state index in [9.17, 15) is 4.79 Å². The lowest BCUT2D eigenvalue weighted by molar-refractivity contribution is -0.121. The molecule has 0 aromatic carbocycles. The molecule has 1 rings (SSSR count). The Morgan fingerprint density at radius 2 is 2.26 bits per heavy atom. The minimum Gasteiger partial charge on any atom is -0.481 e. The molecule has 1 unspecified atom stereocenters. The van der Waals surface area contributed by atoms with Gasteiger partial charge in [-0.05, 0) is 18.9 Å². The Bertz CT molecular complexity index is 379. The quantitative estimate of drug-likeness (QED) is 0.699. The number of methoxy groups -OCH3 is 1. The molecule has 0 aliphatic heterocycles. The van der Waals surface area contributed by atoms with Gasteiger partial charge in [-0.15, -0.1) is 0 Å². The van der Waals surface area contributed by atoms with Crippen LogP contribution in [0.2, 0.25) is 0 Å². The molecule has 1 amide bonds. The van der Waals surface area contributed by atoms with Crippen molar-refractivity contribution in [2.24, 2.45) is 0 Å². The van der Waals surface area contributed by atoms with Gasteiger partial charge in [0.25, 0.3) is 0 Å². The molecule has 1 aromatic heterocycles. The average molecular weight is 265 g/mol. The molecular weight excluding hydrogens is 242 g/mol. The summed E-state index contributed by atoms with van der Waals surface area (Å²) in [6.07, 6.45) is 3.22. The van der Waals surface area contributed by atoms with Gasteiger partial charge in [0.2, 0.25) is 11.8 Å². The van der Waals surface area contributed by atoms with Crippen LogP contribution in [0.3, 0.4) is 0 Å². The van der Waals surface area contributed by atoms with E-state index in [-0.39, 0.29) is 11.9 Å². The highest BCUT2D eigenvalue weighted by molar-refractivity contribution is 5.76. The highest BCUT2D eigenvalue weighted by Crippen LogP contribution is 2.06. The van der Waals surface area contributed by atoms with E-state index in [2.05, 4.69) is 22.5 Å².